The zero-order valence-corrected chi connectivity index (χ0v) is 19.6. The van der Waals surface area contributed by atoms with Crippen molar-refractivity contribution < 1.29 is 9.15 Å². The van der Waals surface area contributed by atoms with Crippen molar-refractivity contribution in [2.45, 2.75) is 56.4 Å². The molecule has 0 unspecified atom stereocenters. The van der Waals surface area contributed by atoms with Crippen LogP contribution in [0.25, 0.3) is 17.1 Å². The van der Waals surface area contributed by atoms with Crippen molar-refractivity contribution >= 4 is 11.8 Å². The van der Waals surface area contributed by atoms with Gasteiger partial charge in [0.2, 0.25) is 5.89 Å². The first-order chi connectivity index (χ1) is 16.3. The fraction of sp³-hybridized carbons (Fsp3) is 0.375. The summed E-state index contributed by atoms with van der Waals surface area (Å²) in [6, 6.07) is 11.6. The van der Waals surface area contributed by atoms with Gasteiger partial charge in [-0.2, -0.15) is 0 Å². The van der Waals surface area contributed by atoms with Gasteiger partial charge < -0.3 is 9.15 Å². The van der Waals surface area contributed by atoms with E-state index in [2.05, 4.69) is 32.4 Å². The molecule has 0 fully saturated rings. The first-order valence-electron chi connectivity index (χ1n) is 11.3. The largest absolute Gasteiger partial charge is 0.494 e. The van der Waals surface area contributed by atoms with Crippen LogP contribution < -0.4 is 4.74 Å². The lowest BCUT2D eigenvalue weighted by Crippen LogP contribution is -1.98. The maximum absolute atomic E-state index is 5.85. The zero-order chi connectivity index (χ0) is 22.7. The molecule has 0 saturated carbocycles. The molecule has 1 aromatic carbocycles. The number of benzene rings is 1. The molecule has 172 valence electrons. The summed E-state index contributed by atoms with van der Waals surface area (Å²) in [5.41, 5.74) is 2.60. The van der Waals surface area contributed by atoms with Gasteiger partial charge in [-0.15, -0.1) is 15.3 Å². The molecule has 33 heavy (non-hydrogen) atoms. The highest BCUT2D eigenvalue weighted by atomic mass is 32.2. The predicted molar refractivity (Wildman–Crippen MR) is 127 cm³/mol. The lowest BCUT2D eigenvalue weighted by molar-refractivity contribution is 0.304. The van der Waals surface area contributed by atoms with Gasteiger partial charge >= 0.3 is 0 Å². The standard InChI is InChI=1S/C24H28N6O2S/c1-2-3-4-5-6-7-16-31-22-10-8-21(9-11-22)30-17-20(26-29-30)18-33-24-28-27-23(32-24)19-12-14-25-15-13-19/h8-15,17H,2-7,16,18H2,1H3. The van der Waals surface area contributed by atoms with Crippen LogP contribution in [0.3, 0.4) is 0 Å². The van der Waals surface area contributed by atoms with Crippen LogP contribution in [0.5, 0.6) is 5.75 Å². The number of thioether (sulfide) groups is 1. The van der Waals surface area contributed by atoms with Gasteiger partial charge in [0.25, 0.3) is 5.22 Å². The van der Waals surface area contributed by atoms with Crippen molar-refractivity contribution in [3.05, 3.63) is 60.7 Å². The molecule has 4 rings (SSSR count). The monoisotopic (exact) mass is 464 g/mol. The van der Waals surface area contributed by atoms with E-state index in [4.69, 9.17) is 9.15 Å². The van der Waals surface area contributed by atoms with Crippen molar-refractivity contribution in [3.63, 3.8) is 0 Å². The number of nitrogens with zero attached hydrogens (tertiary/aromatic N) is 6. The van der Waals surface area contributed by atoms with Crippen LogP contribution in [0.1, 0.15) is 51.1 Å². The van der Waals surface area contributed by atoms with E-state index in [1.807, 2.05) is 42.6 Å². The highest BCUT2D eigenvalue weighted by molar-refractivity contribution is 7.98. The SMILES string of the molecule is CCCCCCCCOc1ccc(-n2cc(CSc3nnc(-c4ccncc4)o3)nn2)cc1. The molecule has 8 nitrogen and oxygen atoms in total. The lowest BCUT2D eigenvalue weighted by Gasteiger charge is -2.07. The van der Waals surface area contributed by atoms with Crippen LogP contribution in [0.4, 0.5) is 0 Å². The van der Waals surface area contributed by atoms with Crippen LogP contribution in [-0.4, -0.2) is 36.8 Å². The van der Waals surface area contributed by atoms with Crippen LogP contribution >= 0.6 is 11.8 Å². The summed E-state index contributed by atoms with van der Waals surface area (Å²) >= 11 is 1.43. The fourth-order valence-corrected chi connectivity index (χ4v) is 3.91. The fourth-order valence-electron chi connectivity index (χ4n) is 3.27. The third-order valence-electron chi connectivity index (χ3n) is 5.09. The van der Waals surface area contributed by atoms with Gasteiger partial charge in [-0.05, 0) is 42.8 Å². The number of aromatic nitrogens is 6. The Bertz CT molecular complexity index is 1100. The maximum atomic E-state index is 5.85. The second kappa shape index (κ2) is 12.2. The minimum absolute atomic E-state index is 0.474. The van der Waals surface area contributed by atoms with Gasteiger partial charge in [0, 0.05) is 23.7 Å². The van der Waals surface area contributed by atoms with Gasteiger partial charge in [-0.3, -0.25) is 4.98 Å². The Morgan fingerprint density at radius 1 is 0.909 bits per heavy atom. The van der Waals surface area contributed by atoms with Crippen molar-refractivity contribution in [1.82, 2.24) is 30.2 Å². The highest BCUT2D eigenvalue weighted by Crippen LogP contribution is 2.25. The molecule has 0 bridgehead atoms. The third kappa shape index (κ3) is 6.89. The first-order valence-corrected chi connectivity index (χ1v) is 12.3. The normalized spacial score (nSPS) is 11.1. The van der Waals surface area contributed by atoms with E-state index in [1.54, 1.807) is 17.1 Å². The Morgan fingerprint density at radius 3 is 2.52 bits per heavy atom. The molecule has 0 atom stereocenters. The molecule has 0 amide bonds. The number of unbranched alkanes of at least 4 members (excludes halogenated alkanes) is 5. The Kier molecular flexibility index (Phi) is 8.46. The molecular weight excluding hydrogens is 436 g/mol. The molecule has 0 spiro atoms. The molecule has 9 heteroatoms. The van der Waals surface area contributed by atoms with E-state index < -0.39 is 0 Å². The molecule has 0 aliphatic rings. The summed E-state index contributed by atoms with van der Waals surface area (Å²) in [5.74, 6) is 1.93. The minimum atomic E-state index is 0.474. The van der Waals surface area contributed by atoms with E-state index >= 15 is 0 Å². The Morgan fingerprint density at radius 2 is 1.70 bits per heavy atom. The van der Waals surface area contributed by atoms with Crippen LogP contribution in [-0.2, 0) is 5.75 Å². The van der Waals surface area contributed by atoms with E-state index in [1.165, 1.54) is 43.9 Å². The van der Waals surface area contributed by atoms with Gasteiger partial charge in [0.15, 0.2) is 0 Å². The maximum Gasteiger partial charge on any atom is 0.277 e. The zero-order valence-electron chi connectivity index (χ0n) is 18.8. The van der Waals surface area contributed by atoms with Crippen molar-refractivity contribution in [2.24, 2.45) is 0 Å². The quantitative estimate of drug-likeness (QED) is 0.183. The average Bonchev–Trinajstić information content (AvgIpc) is 3.53. The van der Waals surface area contributed by atoms with E-state index in [0.717, 1.165) is 35.7 Å². The predicted octanol–water partition coefficient (Wildman–Crippen LogP) is 5.74. The molecule has 0 aliphatic carbocycles. The van der Waals surface area contributed by atoms with Gasteiger partial charge in [0.05, 0.1) is 24.2 Å². The average molecular weight is 465 g/mol. The lowest BCUT2D eigenvalue weighted by atomic mass is 10.1. The smallest absolute Gasteiger partial charge is 0.277 e. The Balaban J connectivity index is 1.23. The molecular formula is C24H28N6O2S. The molecule has 0 saturated heterocycles. The first kappa shape index (κ1) is 23.0. The van der Waals surface area contributed by atoms with Crippen molar-refractivity contribution in [3.8, 4) is 22.9 Å². The summed E-state index contributed by atoms with van der Waals surface area (Å²) in [7, 11) is 0. The van der Waals surface area contributed by atoms with Crippen LogP contribution in [0.15, 0.2) is 64.6 Å². The van der Waals surface area contributed by atoms with Crippen LogP contribution in [0.2, 0.25) is 0 Å². The van der Waals surface area contributed by atoms with Gasteiger partial charge in [0.1, 0.15) is 5.75 Å². The number of ether oxygens (including phenoxy) is 1. The number of hydrogen-bond donors (Lipinski definition) is 0. The summed E-state index contributed by atoms with van der Waals surface area (Å²) in [6.45, 7) is 3.00. The van der Waals surface area contributed by atoms with Crippen LogP contribution in [0, 0.1) is 0 Å². The number of rotatable bonds is 13. The van der Waals surface area contributed by atoms with Gasteiger partial charge in [-0.25, -0.2) is 4.68 Å². The molecule has 4 aromatic rings. The Hall–Kier alpha value is -3.20. The highest BCUT2D eigenvalue weighted by Gasteiger charge is 2.11. The summed E-state index contributed by atoms with van der Waals surface area (Å²) in [5, 5.41) is 17.1. The van der Waals surface area contributed by atoms with E-state index in [0.29, 0.717) is 16.9 Å². The van der Waals surface area contributed by atoms with E-state index in [9.17, 15) is 0 Å². The molecule has 0 radical (unpaired) electrons. The molecule has 0 N–H and O–H groups in total. The number of hydrogen-bond acceptors (Lipinski definition) is 8. The topological polar surface area (TPSA) is 91.8 Å². The molecule has 0 aliphatic heterocycles. The minimum Gasteiger partial charge on any atom is -0.494 e. The van der Waals surface area contributed by atoms with E-state index in [-0.39, 0.29) is 0 Å². The van der Waals surface area contributed by atoms with Gasteiger partial charge in [-0.1, -0.05) is 56.0 Å². The second-order valence-corrected chi connectivity index (χ2v) is 8.59. The molecule has 3 heterocycles. The van der Waals surface area contributed by atoms with Crippen molar-refractivity contribution in [1.29, 1.82) is 0 Å². The summed E-state index contributed by atoms with van der Waals surface area (Å²) in [4.78, 5) is 3.99. The van der Waals surface area contributed by atoms with Crippen molar-refractivity contribution in [2.75, 3.05) is 6.61 Å². The summed E-state index contributed by atoms with van der Waals surface area (Å²) in [6.07, 6.45) is 12.8. The Labute approximate surface area is 197 Å². The summed E-state index contributed by atoms with van der Waals surface area (Å²) < 4.78 is 13.3. The second-order valence-electron chi connectivity index (χ2n) is 7.66. The molecule has 3 aromatic heterocycles. The third-order valence-corrected chi connectivity index (χ3v) is 5.94. The number of pyridine rings is 1.